The Morgan fingerprint density at radius 3 is 2.82 bits per heavy atom. The van der Waals surface area contributed by atoms with Crippen molar-refractivity contribution in [3.8, 4) is 17.9 Å². The van der Waals surface area contributed by atoms with Gasteiger partial charge in [0.15, 0.2) is 0 Å². The standard InChI is InChI=1S/C16H16N4O2/c1-16(2,21)10-22-13-5-14-12(4-3-11(6-17)7-18)8-19-15(14)20-9-13/h3,5,8-9,21H,4,10H2,1-2H3,(H,19,20). The van der Waals surface area contributed by atoms with Crippen LogP contribution in [0.2, 0.25) is 0 Å². The number of allylic oxidation sites excluding steroid dienone is 2. The summed E-state index contributed by atoms with van der Waals surface area (Å²) in [5, 5.41) is 28.1. The Morgan fingerprint density at radius 1 is 1.45 bits per heavy atom. The number of ether oxygens (including phenoxy) is 1. The van der Waals surface area contributed by atoms with Gasteiger partial charge < -0.3 is 14.8 Å². The summed E-state index contributed by atoms with van der Waals surface area (Å²) in [5.41, 5.74) is 0.776. The second-order valence-electron chi connectivity index (χ2n) is 5.53. The molecular weight excluding hydrogens is 280 g/mol. The van der Waals surface area contributed by atoms with E-state index in [0.717, 1.165) is 10.9 Å². The van der Waals surface area contributed by atoms with Gasteiger partial charge in [-0.25, -0.2) is 4.98 Å². The average Bonchev–Trinajstić information content (AvgIpc) is 2.88. The van der Waals surface area contributed by atoms with E-state index in [1.807, 2.05) is 18.2 Å². The molecule has 0 aromatic carbocycles. The van der Waals surface area contributed by atoms with Crippen LogP contribution in [0, 0.1) is 22.7 Å². The van der Waals surface area contributed by atoms with Gasteiger partial charge in [0.05, 0.1) is 11.8 Å². The van der Waals surface area contributed by atoms with Crippen molar-refractivity contribution in [3.05, 3.63) is 35.7 Å². The summed E-state index contributed by atoms with van der Waals surface area (Å²) in [6.07, 6.45) is 5.40. The van der Waals surface area contributed by atoms with Crippen molar-refractivity contribution >= 4 is 11.0 Å². The van der Waals surface area contributed by atoms with Crippen molar-refractivity contribution in [1.82, 2.24) is 9.97 Å². The van der Waals surface area contributed by atoms with E-state index in [1.165, 1.54) is 0 Å². The molecule has 0 unspecified atom stereocenters. The number of aromatic amines is 1. The molecule has 22 heavy (non-hydrogen) atoms. The Hall–Kier alpha value is -2.83. The van der Waals surface area contributed by atoms with E-state index in [9.17, 15) is 5.11 Å². The van der Waals surface area contributed by atoms with E-state index >= 15 is 0 Å². The minimum atomic E-state index is -0.923. The molecule has 6 heteroatoms. The Labute approximate surface area is 128 Å². The van der Waals surface area contributed by atoms with Crippen molar-refractivity contribution in [1.29, 1.82) is 10.5 Å². The Kier molecular flexibility index (Phi) is 4.45. The highest BCUT2D eigenvalue weighted by Crippen LogP contribution is 2.23. The normalized spacial score (nSPS) is 10.8. The number of aromatic nitrogens is 2. The summed E-state index contributed by atoms with van der Waals surface area (Å²) in [4.78, 5) is 7.29. The number of rotatable bonds is 5. The molecule has 2 aromatic rings. The minimum absolute atomic E-state index is 0.0803. The number of nitrogens with one attached hydrogen (secondary N) is 1. The molecule has 0 aliphatic heterocycles. The molecule has 6 nitrogen and oxygen atoms in total. The van der Waals surface area contributed by atoms with Gasteiger partial charge >= 0.3 is 0 Å². The molecule has 2 aromatic heterocycles. The van der Waals surface area contributed by atoms with Crippen LogP contribution in [0.15, 0.2) is 30.1 Å². The van der Waals surface area contributed by atoms with E-state index < -0.39 is 5.60 Å². The van der Waals surface area contributed by atoms with Gasteiger partial charge in [0.2, 0.25) is 0 Å². The van der Waals surface area contributed by atoms with Crippen LogP contribution in [0.5, 0.6) is 5.75 Å². The number of hydrogen-bond acceptors (Lipinski definition) is 5. The number of nitriles is 2. The smallest absolute Gasteiger partial charge is 0.138 e. The van der Waals surface area contributed by atoms with Gasteiger partial charge in [0.25, 0.3) is 0 Å². The highest BCUT2D eigenvalue weighted by atomic mass is 16.5. The van der Waals surface area contributed by atoms with E-state index in [-0.39, 0.29) is 12.2 Å². The molecule has 112 valence electrons. The lowest BCUT2D eigenvalue weighted by atomic mass is 10.1. The van der Waals surface area contributed by atoms with Gasteiger partial charge in [0, 0.05) is 11.6 Å². The molecule has 0 radical (unpaired) electrons. The predicted molar refractivity (Wildman–Crippen MR) is 80.9 cm³/mol. The van der Waals surface area contributed by atoms with E-state index in [0.29, 0.717) is 17.8 Å². The van der Waals surface area contributed by atoms with Crippen molar-refractivity contribution in [2.45, 2.75) is 25.9 Å². The second kappa shape index (κ2) is 6.30. The zero-order valence-corrected chi connectivity index (χ0v) is 12.4. The van der Waals surface area contributed by atoms with Crippen molar-refractivity contribution in [3.63, 3.8) is 0 Å². The third-order valence-electron chi connectivity index (χ3n) is 2.95. The predicted octanol–water partition coefficient (Wildman–Crippen LogP) is 2.23. The number of aliphatic hydroxyl groups is 1. The molecule has 0 spiro atoms. The quantitative estimate of drug-likeness (QED) is 0.823. The largest absolute Gasteiger partial charge is 0.489 e. The number of pyridine rings is 1. The van der Waals surface area contributed by atoms with Crippen molar-refractivity contribution < 1.29 is 9.84 Å². The van der Waals surface area contributed by atoms with Gasteiger partial charge in [0.1, 0.15) is 35.7 Å². The number of H-pyrrole nitrogens is 1. The van der Waals surface area contributed by atoms with Gasteiger partial charge in [-0.15, -0.1) is 0 Å². The number of hydrogen-bond donors (Lipinski definition) is 2. The van der Waals surface area contributed by atoms with Crippen LogP contribution in [0.4, 0.5) is 0 Å². The first kappa shape index (κ1) is 15.6. The summed E-state index contributed by atoms with van der Waals surface area (Å²) < 4.78 is 5.52. The van der Waals surface area contributed by atoms with Crippen LogP contribution in [-0.4, -0.2) is 27.3 Å². The second-order valence-corrected chi connectivity index (χ2v) is 5.53. The topological polar surface area (TPSA) is 106 Å². The summed E-state index contributed by atoms with van der Waals surface area (Å²) in [6, 6.07) is 5.49. The Bertz CT molecular complexity index is 769. The Morgan fingerprint density at radius 2 is 2.18 bits per heavy atom. The summed E-state index contributed by atoms with van der Waals surface area (Å²) in [6.45, 7) is 3.49. The van der Waals surface area contributed by atoms with E-state index in [4.69, 9.17) is 15.3 Å². The van der Waals surface area contributed by atoms with Gasteiger partial charge in [-0.1, -0.05) is 6.08 Å². The number of fused-ring (bicyclic) bond motifs is 1. The van der Waals surface area contributed by atoms with Gasteiger partial charge in [-0.2, -0.15) is 10.5 Å². The third kappa shape index (κ3) is 3.85. The first-order chi connectivity index (χ1) is 10.4. The molecule has 0 aliphatic rings. The molecule has 0 fully saturated rings. The Balaban J connectivity index is 2.24. The zero-order chi connectivity index (χ0) is 16.2. The van der Waals surface area contributed by atoms with Gasteiger partial charge in [-0.05, 0) is 31.9 Å². The minimum Gasteiger partial charge on any atom is -0.489 e. The summed E-state index contributed by atoms with van der Waals surface area (Å²) in [7, 11) is 0. The SMILES string of the molecule is CC(C)(O)COc1cnc2[nH]cc(CC=C(C#N)C#N)c2c1. The molecule has 2 rings (SSSR count). The lowest BCUT2D eigenvalue weighted by molar-refractivity contribution is 0.0284. The number of nitrogens with zero attached hydrogens (tertiary/aromatic N) is 3. The van der Waals surface area contributed by atoms with Crippen LogP contribution < -0.4 is 4.74 Å². The monoisotopic (exact) mass is 296 g/mol. The third-order valence-corrected chi connectivity index (χ3v) is 2.95. The average molecular weight is 296 g/mol. The van der Waals surface area contributed by atoms with Crippen LogP contribution in [0.25, 0.3) is 11.0 Å². The molecule has 0 saturated carbocycles. The molecule has 2 N–H and O–H groups in total. The van der Waals surface area contributed by atoms with E-state index in [2.05, 4.69) is 9.97 Å². The van der Waals surface area contributed by atoms with Crippen LogP contribution in [-0.2, 0) is 6.42 Å². The molecule has 0 amide bonds. The molecular formula is C16H16N4O2. The highest BCUT2D eigenvalue weighted by molar-refractivity contribution is 5.81. The van der Waals surface area contributed by atoms with Crippen molar-refractivity contribution in [2.75, 3.05) is 6.61 Å². The van der Waals surface area contributed by atoms with Crippen LogP contribution in [0.1, 0.15) is 19.4 Å². The lowest BCUT2D eigenvalue weighted by Gasteiger charge is -2.17. The van der Waals surface area contributed by atoms with Crippen LogP contribution >= 0.6 is 0 Å². The molecule has 0 atom stereocenters. The first-order valence-corrected chi connectivity index (χ1v) is 6.74. The maximum atomic E-state index is 9.69. The van der Waals surface area contributed by atoms with Crippen molar-refractivity contribution in [2.24, 2.45) is 0 Å². The fraction of sp³-hybridized carbons (Fsp3) is 0.312. The lowest BCUT2D eigenvalue weighted by Crippen LogP contribution is -2.27. The van der Waals surface area contributed by atoms with Crippen LogP contribution in [0.3, 0.4) is 0 Å². The summed E-state index contributed by atoms with van der Waals surface area (Å²) in [5.74, 6) is 0.556. The maximum Gasteiger partial charge on any atom is 0.138 e. The molecule has 0 aliphatic carbocycles. The van der Waals surface area contributed by atoms with E-state index in [1.54, 1.807) is 32.3 Å². The fourth-order valence-electron chi connectivity index (χ4n) is 1.87. The first-order valence-electron chi connectivity index (χ1n) is 6.74. The summed E-state index contributed by atoms with van der Waals surface area (Å²) >= 11 is 0. The fourth-order valence-corrected chi connectivity index (χ4v) is 1.87. The molecule has 0 bridgehead atoms. The zero-order valence-electron chi connectivity index (χ0n) is 12.4. The highest BCUT2D eigenvalue weighted by Gasteiger charge is 2.14. The molecule has 2 heterocycles. The van der Waals surface area contributed by atoms with Gasteiger partial charge in [-0.3, -0.25) is 0 Å². The maximum absolute atomic E-state index is 9.69. The molecule has 0 saturated heterocycles.